The summed E-state index contributed by atoms with van der Waals surface area (Å²) < 4.78 is 10.8. The predicted octanol–water partition coefficient (Wildman–Crippen LogP) is 5.76. The molecular formula is C35H26O8. The van der Waals surface area contributed by atoms with Crippen LogP contribution in [0, 0.1) is 13.8 Å². The Hall–Kier alpha value is -5.76. The Morgan fingerprint density at radius 1 is 0.581 bits per heavy atom. The molecule has 43 heavy (non-hydrogen) atoms. The van der Waals surface area contributed by atoms with E-state index < -0.39 is 29.3 Å². The molecule has 0 bridgehead atoms. The fraction of sp³-hybridized carbons (Fsp3) is 0.0857. The zero-order valence-corrected chi connectivity index (χ0v) is 23.2. The summed E-state index contributed by atoms with van der Waals surface area (Å²) in [5, 5.41) is 17.6. The minimum Gasteiger partial charge on any atom is -0.478 e. The van der Waals surface area contributed by atoms with Gasteiger partial charge in [0.2, 0.25) is 0 Å². The van der Waals surface area contributed by atoms with Crippen LogP contribution in [0.3, 0.4) is 0 Å². The number of aliphatic carboxylic acids is 2. The lowest BCUT2D eigenvalue weighted by Gasteiger charge is -2.34. The molecule has 0 fully saturated rings. The number of carboxylic acids is 2. The third kappa shape index (κ3) is 5.46. The summed E-state index contributed by atoms with van der Waals surface area (Å²) in [7, 11) is 0. The number of hydrogen-bond donors (Lipinski definition) is 2. The summed E-state index contributed by atoms with van der Waals surface area (Å²) in [6.07, 6.45) is 3.16. The van der Waals surface area contributed by atoms with Gasteiger partial charge in [0, 0.05) is 24.3 Å². The van der Waals surface area contributed by atoms with Crippen molar-refractivity contribution in [2.75, 3.05) is 0 Å². The van der Waals surface area contributed by atoms with E-state index in [1.54, 1.807) is 12.1 Å². The molecule has 0 saturated carbocycles. The number of ether oxygens (including phenoxy) is 2. The lowest BCUT2D eigenvalue weighted by atomic mass is 9.67. The van der Waals surface area contributed by atoms with E-state index in [-0.39, 0.29) is 0 Å². The normalized spacial score (nSPS) is 13.0. The highest BCUT2D eigenvalue weighted by molar-refractivity contribution is 5.93. The highest BCUT2D eigenvalue weighted by Gasteiger charge is 2.46. The van der Waals surface area contributed by atoms with Crippen molar-refractivity contribution >= 4 is 23.9 Å². The molecule has 0 heterocycles. The number of fused-ring (bicyclic) bond motifs is 3. The van der Waals surface area contributed by atoms with Gasteiger partial charge in [-0.15, -0.1) is 0 Å². The van der Waals surface area contributed by atoms with Crippen molar-refractivity contribution in [3.63, 3.8) is 0 Å². The van der Waals surface area contributed by atoms with E-state index in [1.807, 2.05) is 62.4 Å². The Morgan fingerprint density at radius 3 is 1.35 bits per heavy atom. The number of esters is 2. The van der Waals surface area contributed by atoms with Crippen molar-refractivity contribution in [2.24, 2.45) is 0 Å². The number of carboxylic acid groups (broad SMARTS) is 2. The van der Waals surface area contributed by atoms with E-state index >= 15 is 0 Å². The minimum atomic E-state index is -1.25. The highest BCUT2D eigenvalue weighted by atomic mass is 16.5. The van der Waals surface area contributed by atoms with E-state index in [2.05, 4.69) is 24.3 Å². The lowest BCUT2D eigenvalue weighted by molar-refractivity contribution is -0.133. The summed E-state index contributed by atoms with van der Waals surface area (Å²) in [4.78, 5) is 46.0. The number of carbonyl (C=O) groups is 4. The van der Waals surface area contributed by atoms with E-state index in [1.165, 1.54) is 0 Å². The van der Waals surface area contributed by atoms with Crippen LogP contribution in [0.15, 0.2) is 109 Å². The van der Waals surface area contributed by atoms with Crippen molar-refractivity contribution in [1.29, 1.82) is 0 Å². The average molecular weight is 575 g/mol. The van der Waals surface area contributed by atoms with Crippen LogP contribution in [0.1, 0.15) is 33.4 Å². The summed E-state index contributed by atoms with van der Waals surface area (Å²) in [6, 6.07) is 27.3. The molecule has 214 valence electrons. The minimum absolute atomic E-state index is 0.298. The Labute approximate surface area is 247 Å². The maximum absolute atomic E-state index is 12.2. The van der Waals surface area contributed by atoms with Crippen LogP contribution in [0.2, 0.25) is 0 Å². The van der Waals surface area contributed by atoms with Gasteiger partial charge >= 0.3 is 23.9 Å². The average Bonchev–Trinajstić information content (AvgIpc) is 3.28. The van der Waals surface area contributed by atoms with Gasteiger partial charge in [0.1, 0.15) is 11.5 Å². The van der Waals surface area contributed by atoms with E-state index in [9.17, 15) is 19.2 Å². The molecule has 0 saturated heterocycles. The second-order valence-electron chi connectivity index (χ2n) is 9.99. The first-order valence-electron chi connectivity index (χ1n) is 13.3. The SMILES string of the molecule is Cc1cc(C2(c3ccc(OC(=O)C=CC(=O)O)c(C)c3)c3ccccc3-c3ccccc32)ccc1OC(=O)C=CC(=O)O. The number of aryl methyl sites for hydroxylation is 2. The molecule has 0 aliphatic heterocycles. The van der Waals surface area contributed by atoms with Gasteiger partial charge in [-0.3, -0.25) is 0 Å². The lowest BCUT2D eigenvalue weighted by Crippen LogP contribution is -2.29. The molecule has 0 spiro atoms. The highest BCUT2D eigenvalue weighted by Crippen LogP contribution is 2.56. The molecular weight excluding hydrogens is 548 g/mol. The zero-order valence-electron chi connectivity index (χ0n) is 23.2. The fourth-order valence-electron chi connectivity index (χ4n) is 5.58. The second-order valence-corrected chi connectivity index (χ2v) is 9.99. The van der Waals surface area contributed by atoms with Crippen LogP contribution in [-0.2, 0) is 24.6 Å². The third-order valence-electron chi connectivity index (χ3n) is 7.31. The van der Waals surface area contributed by atoms with Crippen LogP contribution in [-0.4, -0.2) is 34.1 Å². The Bertz CT molecular complexity index is 1710. The van der Waals surface area contributed by atoms with Gasteiger partial charge in [0.25, 0.3) is 0 Å². The smallest absolute Gasteiger partial charge is 0.336 e. The molecule has 8 heteroatoms. The van der Waals surface area contributed by atoms with E-state index in [0.29, 0.717) is 22.6 Å². The Kier molecular flexibility index (Phi) is 7.77. The third-order valence-corrected chi connectivity index (χ3v) is 7.31. The summed E-state index contributed by atoms with van der Waals surface area (Å²) in [6.45, 7) is 3.62. The van der Waals surface area contributed by atoms with Gasteiger partial charge in [-0.25, -0.2) is 19.2 Å². The molecule has 0 amide bonds. The van der Waals surface area contributed by atoms with E-state index in [4.69, 9.17) is 19.7 Å². The molecule has 4 aromatic carbocycles. The summed E-state index contributed by atoms with van der Waals surface area (Å²) >= 11 is 0. The number of hydrogen-bond acceptors (Lipinski definition) is 6. The van der Waals surface area contributed by atoms with Crippen LogP contribution >= 0.6 is 0 Å². The largest absolute Gasteiger partial charge is 0.478 e. The van der Waals surface area contributed by atoms with Crippen LogP contribution < -0.4 is 9.47 Å². The molecule has 0 unspecified atom stereocenters. The van der Waals surface area contributed by atoms with Crippen LogP contribution in [0.4, 0.5) is 0 Å². The van der Waals surface area contributed by atoms with Gasteiger partial charge in [0.05, 0.1) is 5.41 Å². The van der Waals surface area contributed by atoms with Gasteiger partial charge in [0.15, 0.2) is 0 Å². The molecule has 0 aromatic heterocycles. The first-order valence-corrected chi connectivity index (χ1v) is 13.3. The first-order chi connectivity index (χ1) is 20.6. The number of carbonyl (C=O) groups excluding carboxylic acids is 2. The second kappa shape index (κ2) is 11.6. The van der Waals surface area contributed by atoms with Crippen LogP contribution in [0.25, 0.3) is 11.1 Å². The molecule has 0 atom stereocenters. The Morgan fingerprint density at radius 2 is 0.977 bits per heavy atom. The molecule has 1 aliphatic rings. The predicted molar refractivity (Wildman–Crippen MR) is 158 cm³/mol. The van der Waals surface area contributed by atoms with Gasteiger partial charge < -0.3 is 19.7 Å². The van der Waals surface area contributed by atoms with E-state index in [0.717, 1.165) is 57.7 Å². The van der Waals surface area contributed by atoms with Crippen molar-refractivity contribution < 1.29 is 38.9 Å². The Balaban J connectivity index is 1.66. The molecule has 0 radical (unpaired) electrons. The first kappa shape index (κ1) is 28.8. The molecule has 1 aliphatic carbocycles. The topological polar surface area (TPSA) is 127 Å². The molecule has 8 nitrogen and oxygen atoms in total. The van der Waals surface area contributed by atoms with Crippen molar-refractivity contribution in [3.8, 4) is 22.6 Å². The summed E-state index contributed by atoms with van der Waals surface area (Å²) in [5.41, 5.74) is 6.56. The number of rotatable bonds is 8. The van der Waals surface area contributed by atoms with Crippen molar-refractivity contribution in [3.05, 3.63) is 143 Å². The molecule has 2 N–H and O–H groups in total. The standard InChI is InChI=1S/C35H26O8/c1-21-19-23(11-13-29(21)42-33(40)17-15-31(36)37)35(27-9-5-3-7-25(27)26-8-4-6-10-28(26)35)24-12-14-30(22(2)20-24)43-34(41)18-16-32(38)39/h3-20H,1-2H3,(H,36,37)(H,38,39). The van der Waals surface area contributed by atoms with Crippen molar-refractivity contribution in [2.45, 2.75) is 19.3 Å². The van der Waals surface area contributed by atoms with Gasteiger partial charge in [-0.2, -0.15) is 0 Å². The fourth-order valence-corrected chi connectivity index (χ4v) is 5.58. The maximum atomic E-state index is 12.2. The molecule has 4 aromatic rings. The van der Waals surface area contributed by atoms with Crippen molar-refractivity contribution in [1.82, 2.24) is 0 Å². The molecule has 5 rings (SSSR count). The monoisotopic (exact) mass is 574 g/mol. The van der Waals surface area contributed by atoms with Gasteiger partial charge in [-0.1, -0.05) is 72.8 Å². The quantitative estimate of drug-likeness (QED) is 0.136. The number of benzene rings is 4. The zero-order chi connectivity index (χ0) is 30.7. The van der Waals surface area contributed by atoms with Gasteiger partial charge in [-0.05, 0) is 70.5 Å². The maximum Gasteiger partial charge on any atom is 0.336 e. The van der Waals surface area contributed by atoms with Crippen LogP contribution in [0.5, 0.6) is 11.5 Å². The summed E-state index contributed by atoms with van der Waals surface area (Å²) in [5.74, 6) is -3.51.